The molecule has 150 valence electrons. The van der Waals surface area contributed by atoms with Crippen LogP contribution in [0.4, 0.5) is 0 Å². The summed E-state index contributed by atoms with van der Waals surface area (Å²) in [6.07, 6.45) is 8.75. The summed E-state index contributed by atoms with van der Waals surface area (Å²) in [7, 11) is 0. The molecule has 30 heavy (non-hydrogen) atoms. The van der Waals surface area contributed by atoms with Gasteiger partial charge in [0.25, 0.3) is 0 Å². The number of nitrogens with zero attached hydrogens (tertiary/aromatic N) is 3. The lowest BCUT2D eigenvalue weighted by atomic mass is 10.1. The average Bonchev–Trinajstić information content (AvgIpc) is 3.37. The molecule has 0 saturated carbocycles. The van der Waals surface area contributed by atoms with Crippen LogP contribution in [0.3, 0.4) is 0 Å². The maximum atomic E-state index is 10.7. The minimum atomic E-state index is 0.499. The Kier molecular flexibility index (Phi) is 5.64. The van der Waals surface area contributed by atoms with Gasteiger partial charge in [-0.25, -0.2) is 9.78 Å². The molecule has 0 atom stereocenters. The fraction of sp³-hybridized carbons (Fsp3) is 0.160. The molecule has 5 nitrogen and oxygen atoms in total. The van der Waals surface area contributed by atoms with Crippen LogP contribution < -0.4 is 0 Å². The first-order chi connectivity index (χ1) is 14.7. The van der Waals surface area contributed by atoms with Crippen molar-refractivity contribution in [3.63, 3.8) is 0 Å². The number of para-hydroxylation sites is 1. The molecule has 0 N–H and O–H groups in total. The maximum absolute atomic E-state index is 10.7. The van der Waals surface area contributed by atoms with Gasteiger partial charge in [0.05, 0.1) is 18.2 Å². The Bertz CT molecular complexity index is 1230. The van der Waals surface area contributed by atoms with Crippen LogP contribution in [0.1, 0.15) is 23.6 Å². The summed E-state index contributed by atoms with van der Waals surface area (Å²) < 4.78 is 9.83. The number of benzene rings is 2. The maximum Gasteiger partial charge on any atom is 0.130 e. The average molecular weight is 397 g/mol. The van der Waals surface area contributed by atoms with E-state index in [4.69, 9.17) is 4.74 Å². The topological polar surface area (TPSA) is 49.0 Å². The van der Waals surface area contributed by atoms with Crippen molar-refractivity contribution < 1.29 is 9.53 Å². The minimum Gasteiger partial charge on any atom is -0.493 e. The van der Waals surface area contributed by atoms with Gasteiger partial charge in [-0.3, -0.25) is 4.57 Å². The molecular weight excluding hydrogens is 374 g/mol. The predicted octanol–water partition coefficient (Wildman–Crippen LogP) is 4.95. The van der Waals surface area contributed by atoms with Crippen LogP contribution in [0.5, 0.6) is 0 Å². The largest absolute Gasteiger partial charge is 0.493 e. The third-order valence-electron chi connectivity index (χ3n) is 5.08. The zero-order valence-corrected chi connectivity index (χ0v) is 17.1. The normalized spacial score (nSPS) is 11.5. The quantitative estimate of drug-likeness (QED) is 0.252. The molecule has 0 bridgehead atoms. The Hall–Kier alpha value is -3.82. The summed E-state index contributed by atoms with van der Waals surface area (Å²) in [6, 6.07) is 16.7. The molecule has 0 aliphatic rings. The van der Waals surface area contributed by atoms with Crippen molar-refractivity contribution in [2.45, 2.75) is 20.4 Å². The lowest BCUT2D eigenvalue weighted by Crippen LogP contribution is -2.07. The van der Waals surface area contributed by atoms with Crippen molar-refractivity contribution in [2.75, 3.05) is 6.61 Å². The molecule has 0 aliphatic carbocycles. The number of allylic oxidation sites excluding steroid dienone is 1. The summed E-state index contributed by atoms with van der Waals surface area (Å²) in [4.78, 5) is 14.9. The Morgan fingerprint density at radius 1 is 1.17 bits per heavy atom. The monoisotopic (exact) mass is 397 g/mol. The number of ether oxygens (including phenoxy) is 1. The van der Waals surface area contributed by atoms with E-state index in [1.165, 1.54) is 28.1 Å². The Labute approximate surface area is 175 Å². The van der Waals surface area contributed by atoms with Crippen molar-refractivity contribution in [1.29, 1.82) is 0 Å². The minimum absolute atomic E-state index is 0.499. The first kappa shape index (κ1) is 19.5. The first-order valence-corrected chi connectivity index (χ1v) is 9.91. The molecule has 4 rings (SSSR count). The third-order valence-corrected chi connectivity index (χ3v) is 5.08. The number of imidazole rings is 1. The second-order valence-corrected chi connectivity index (χ2v) is 7.01. The number of aryl methyl sites for hydroxylation is 1. The smallest absolute Gasteiger partial charge is 0.130 e. The van der Waals surface area contributed by atoms with Gasteiger partial charge in [0.1, 0.15) is 23.8 Å². The van der Waals surface area contributed by atoms with E-state index in [0.717, 1.165) is 17.9 Å². The number of aromatic nitrogens is 3. The van der Waals surface area contributed by atoms with E-state index in [1.807, 2.05) is 37.7 Å². The Balaban J connectivity index is 1.71. The molecule has 0 fully saturated rings. The van der Waals surface area contributed by atoms with Gasteiger partial charge in [-0.1, -0.05) is 42.5 Å². The van der Waals surface area contributed by atoms with Crippen LogP contribution in [0.25, 0.3) is 22.8 Å². The van der Waals surface area contributed by atoms with Crippen LogP contribution in [-0.2, 0) is 16.1 Å². The van der Waals surface area contributed by atoms with E-state index in [-0.39, 0.29) is 0 Å². The van der Waals surface area contributed by atoms with E-state index >= 15 is 0 Å². The molecule has 0 unspecified atom stereocenters. The number of carbonyl (C=O) groups excluding carboxylic acids is 1. The van der Waals surface area contributed by atoms with Crippen molar-refractivity contribution >= 4 is 22.9 Å². The highest BCUT2D eigenvalue weighted by molar-refractivity contribution is 5.87. The molecule has 2 aromatic heterocycles. The Morgan fingerprint density at radius 2 is 1.97 bits per heavy atom. The lowest BCUT2D eigenvalue weighted by molar-refractivity contribution is 0.246. The molecule has 0 saturated heterocycles. The van der Waals surface area contributed by atoms with Crippen molar-refractivity contribution in [3.05, 3.63) is 95.8 Å². The highest BCUT2D eigenvalue weighted by Crippen LogP contribution is 2.29. The molecule has 2 heterocycles. The SMILES string of the molecule is CCOC(C=C=O)=Cc1ccc(Cn2c(-n3ccnc3)c(C)c3ccccc32)cc1. The summed E-state index contributed by atoms with van der Waals surface area (Å²) in [5.74, 6) is 3.40. The van der Waals surface area contributed by atoms with Gasteiger partial charge in [-0.15, -0.1) is 0 Å². The van der Waals surface area contributed by atoms with Gasteiger partial charge in [0.2, 0.25) is 0 Å². The summed E-state index contributed by atoms with van der Waals surface area (Å²) in [6.45, 7) is 5.27. The summed E-state index contributed by atoms with van der Waals surface area (Å²) in [5.41, 5.74) is 4.57. The van der Waals surface area contributed by atoms with Crippen LogP contribution in [0.2, 0.25) is 0 Å². The summed E-state index contributed by atoms with van der Waals surface area (Å²) >= 11 is 0. The zero-order valence-electron chi connectivity index (χ0n) is 17.1. The lowest BCUT2D eigenvalue weighted by Gasteiger charge is -2.13. The second-order valence-electron chi connectivity index (χ2n) is 7.01. The van der Waals surface area contributed by atoms with E-state index in [0.29, 0.717) is 12.4 Å². The fourth-order valence-corrected chi connectivity index (χ4v) is 3.76. The highest BCUT2D eigenvalue weighted by atomic mass is 16.5. The molecule has 0 aliphatic heterocycles. The van der Waals surface area contributed by atoms with Crippen molar-refractivity contribution in [2.24, 2.45) is 0 Å². The van der Waals surface area contributed by atoms with Gasteiger partial charge in [-0.2, -0.15) is 0 Å². The molecule has 4 aromatic rings. The predicted molar refractivity (Wildman–Crippen MR) is 119 cm³/mol. The van der Waals surface area contributed by atoms with Crippen molar-refractivity contribution in [3.8, 4) is 5.82 Å². The third kappa shape index (κ3) is 3.84. The van der Waals surface area contributed by atoms with Gasteiger partial charge < -0.3 is 9.30 Å². The summed E-state index contributed by atoms with van der Waals surface area (Å²) in [5, 5.41) is 1.24. The second kappa shape index (κ2) is 8.68. The first-order valence-electron chi connectivity index (χ1n) is 9.91. The number of hydrogen-bond donors (Lipinski definition) is 0. The number of hydrogen-bond acceptors (Lipinski definition) is 3. The van der Waals surface area contributed by atoms with Gasteiger partial charge >= 0.3 is 0 Å². The van der Waals surface area contributed by atoms with Gasteiger partial charge in [0.15, 0.2) is 0 Å². The zero-order chi connectivity index (χ0) is 20.9. The molecule has 5 heteroatoms. The van der Waals surface area contributed by atoms with Gasteiger partial charge in [-0.05, 0) is 42.7 Å². The van der Waals surface area contributed by atoms with Crippen LogP contribution in [-0.4, -0.2) is 26.7 Å². The molecule has 0 amide bonds. The Morgan fingerprint density at radius 3 is 2.67 bits per heavy atom. The number of rotatable bonds is 7. The van der Waals surface area contributed by atoms with Gasteiger partial charge in [0, 0.05) is 24.3 Å². The number of fused-ring (bicyclic) bond motifs is 1. The standard InChI is InChI=1S/C25H23N3O2/c1-3-30-22(12-15-29)16-20-8-10-21(11-9-20)17-28-24-7-5-4-6-23(24)19(2)25(28)27-14-13-26-18-27/h4-14,16,18H,3,17H2,1-2H3. The van der Waals surface area contributed by atoms with Crippen LogP contribution in [0.15, 0.2) is 79.1 Å². The van der Waals surface area contributed by atoms with Crippen LogP contribution in [0, 0.1) is 6.92 Å². The van der Waals surface area contributed by atoms with Crippen LogP contribution >= 0.6 is 0 Å². The van der Waals surface area contributed by atoms with Crippen molar-refractivity contribution in [1.82, 2.24) is 14.1 Å². The fourth-order valence-electron chi connectivity index (χ4n) is 3.76. The molecule has 2 aromatic carbocycles. The molecule has 0 spiro atoms. The molecular formula is C25H23N3O2. The van der Waals surface area contributed by atoms with E-state index < -0.39 is 0 Å². The van der Waals surface area contributed by atoms with E-state index in [1.54, 1.807) is 12.1 Å². The highest BCUT2D eigenvalue weighted by Gasteiger charge is 2.15. The van der Waals surface area contributed by atoms with E-state index in [9.17, 15) is 4.79 Å². The van der Waals surface area contributed by atoms with E-state index in [2.05, 4.69) is 57.4 Å². The molecule has 0 radical (unpaired) electrons.